The van der Waals surface area contributed by atoms with E-state index < -0.39 is 10.0 Å². The largest absolute Gasteiger partial charge is 0.368 e. The number of anilines is 1. The number of piperidine rings is 2. The average Bonchev–Trinajstić information content (AvgIpc) is 3.47. The zero-order valence-corrected chi connectivity index (χ0v) is 26.8. The minimum Gasteiger partial charge on any atom is -0.368 e. The molecule has 3 saturated heterocycles. The number of nitrogens with one attached hydrogen (secondary N) is 1. The van der Waals surface area contributed by atoms with E-state index in [0.29, 0.717) is 48.6 Å². The number of rotatable bonds is 8. The van der Waals surface area contributed by atoms with Crippen molar-refractivity contribution >= 4 is 21.7 Å². The molecular formula is C31H45FN6O4S. The summed E-state index contributed by atoms with van der Waals surface area (Å²) in [4.78, 5) is 27.1. The Labute approximate surface area is 255 Å². The lowest BCUT2D eigenvalue weighted by Crippen LogP contribution is -2.52. The second-order valence-electron chi connectivity index (χ2n) is 12.4. The fourth-order valence-electron chi connectivity index (χ4n) is 6.60. The number of hydrogen-bond donors (Lipinski definition) is 1. The molecule has 2 atom stereocenters. The third-order valence-corrected chi connectivity index (χ3v) is 10.8. The van der Waals surface area contributed by atoms with Gasteiger partial charge in [0.15, 0.2) is 0 Å². The molecule has 0 radical (unpaired) electrons. The first-order valence-electron chi connectivity index (χ1n) is 15.4. The Bertz CT molecular complexity index is 1420. The van der Waals surface area contributed by atoms with Gasteiger partial charge in [0.2, 0.25) is 10.0 Å². The molecule has 1 aromatic carbocycles. The van der Waals surface area contributed by atoms with Crippen LogP contribution in [-0.2, 0) is 14.8 Å². The van der Waals surface area contributed by atoms with Crippen LogP contribution in [0.1, 0.15) is 77.6 Å². The molecule has 2 aromatic rings. The van der Waals surface area contributed by atoms with Gasteiger partial charge in [-0.1, -0.05) is 12.1 Å². The first-order valence-corrected chi connectivity index (χ1v) is 17.2. The van der Waals surface area contributed by atoms with E-state index >= 15 is 0 Å². The third kappa shape index (κ3) is 7.35. The molecule has 3 aliphatic rings. The van der Waals surface area contributed by atoms with Crippen molar-refractivity contribution in [2.24, 2.45) is 0 Å². The molecule has 0 bridgehead atoms. The Kier molecular flexibility index (Phi) is 9.70. The summed E-state index contributed by atoms with van der Waals surface area (Å²) in [6, 6.07) is 5.74. The maximum absolute atomic E-state index is 14.1. The van der Waals surface area contributed by atoms with E-state index in [4.69, 9.17) is 4.74 Å². The maximum Gasteiger partial charge on any atom is 0.272 e. The molecule has 0 saturated carbocycles. The number of ether oxygens (including phenoxy) is 1. The highest BCUT2D eigenvalue weighted by Crippen LogP contribution is 2.34. The van der Waals surface area contributed by atoms with Crippen LogP contribution in [0.2, 0.25) is 0 Å². The summed E-state index contributed by atoms with van der Waals surface area (Å²) >= 11 is 0. The minimum atomic E-state index is -3.18. The number of aromatic nitrogens is 2. The Morgan fingerprint density at radius 3 is 2.40 bits per heavy atom. The number of carbonyl (C=O) groups is 1. The summed E-state index contributed by atoms with van der Waals surface area (Å²) in [7, 11) is -1.51. The number of benzene rings is 1. The second-order valence-corrected chi connectivity index (χ2v) is 14.4. The number of sulfonamides is 1. The number of nitrogens with zero attached hydrogens (tertiary/aromatic N) is 5. The predicted octanol–water partition coefficient (Wildman–Crippen LogP) is 3.83. The molecule has 2 unspecified atom stereocenters. The van der Waals surface area contributed by atoms with Crippen molar-refractivity contribution in [3.8, 4) is 0 Å². The van der Waals surface area contributed by atoms with Crippen LogP contribution in [0.4, 0.5) is 10.2 Å². The maximum atomic E-state index is 14.1. The third-order valence-electron chi connectivity index (χ3n) is 9.44. The van der Waals surface area contributed by atoms with E-state index in [-0.39, 0.29) is 30.0 Å². The van der Waals surface area contributed by atoms with Gasteiger partial charge in [0, 0.05) is 44.3 Å². The SMILES string of the molecule is Cc1nc(NCC2CCC(c3ccc(C)c(F)c3)O2)c(C)c(C(=O)N2CCC(N3CCC(N(C)S(C)(=O)=O)CC3)CC2)n1. The van der Waals surface area contributed by atoms with Crippen LogP contribution in [0, 0.1) is 26.6 Å². The van der Waals surface area contributed by atoms with Crippen molar-refractivity contribution in [1.29, 1.82) is 0 Å². The Morgan fingerprint density at radius 2 is 1.74 bits per heavy atom. The first-order chi connectivity index (χ1) is 20.4. The van der Waals surface area contributed by atoms with E-state index in [1.807, 2.05) is 17.9 Å². The molecule has 1 N–H and O–H groups in total. The Morgan fingerprint density at radius 1 is 1.05 bits per heavy atom. The summed E-state index contributed by atoms with van der Waals surface area (Å²) in [6.45, 7) is 9.04. The number of carbonyl (C=O) groups excluding carboxylic acids is 1. The molecule has 1 amide bonds. The molecule has 4 heterocycles. The Balaban J connectivity index is 1.14. The highest BCUT2D eigenvalue weighted by atomic mass is 32.2. The number of hydrogen-bond acceptors (Lipinski definition) is 8. The number of likely N-dealkylation sites (tertiary alicyclic amines) is 2. The predicted molar refractivity (Wildman–Crippen MR) is 164 cm³/mol. The second kappa shape index (κ2) is 13.1. The lowest BCUT2D eigenvalue weighted by molar-refractivity contribution is 0.0519. The van der Waals surface area contributed by atoms with Gasteiger partial charge in [-0.25, -0.2) is 27.1 Å². The zero-order chi connectivity index (χ0) is 30.9. The van der Waals surface area contributed by atoms with Gasteiger partial charge in [0.1, 0.15) is 23.2 Å². The summed E-state index contributed by atoms with van der Waals surface area (Å²) < 4.78 is 45.6. The number of aryl methyl sites for hydroxylation is 2. The van der Waals surface area contributed by atoms with Crippen LogP contribution in [0.5, 0.6) is 0 Å². The average molecular weight is 617 g/mol. The lowest BCUT2D eigenvalue weighted by Gasteiger charge is -2.43. The van der Waals surface area contributed by atoms with Gasteiger partial charge in [-0.2, -0.15) is 0 Å². The Hall–Kier alpha value is -2.67. The van der Waals surface area contributed by atoms with Crippen LogP contribution in [0.3, 0.4) is 0 Å². The minimum absolute atomic E-state index is 0.0425. The quantitative estimate of drug-likeness (QED) is 0.477. The zero-order valence-electron chi connectivity index (χ0n) is 26.0. The van der Waals surface area contributed by atoms with Gasteiger partial charge in [-0.05, 0) is 89.6 Å². The summed E-state index contributed by atoms with van der Waals surface area (Å²) in [5, 5.41) is 3.39. The lowest BCUT2D eigenvalue weighted by atomic mass is 9.97. The smallest absolute Gasteiger partial charge is 0.272 e. The highest BCUT2D eigenvalue weighted by Gasteiger charge is 2.34. The van der Waals surface area contributed by atoms with Gasteiger partial charge < -0.3 is 19.9 Å². The number of halogens is 1. The normalized spacial score (nSPS) is 22.8. The van der Waals surface area contributed by atoms with Gasteiger partial charge in [0.05, 0.1) is 18.5 Å². The molecule has 10 nitrogen and oxygen atoms in total. The van der Waals surface area contributed by atoms with Gasteiger partial charge >= 0.3 is 0 Å². The van der Waals surface area contributed by atoms with E-state index in [1.165, 1.54) is 10.6 Å². The van der Waals surface area contributed by atoms with Gasteiger partial charge in [-0.15, -0.1) is 0 Å². The van der Waals surface area contributed by atoms with E-state index in [1.54, 1.807) is 33.0 Å². The molecule has 0 spiro atoms. The van der Waals surface area contributed by atoms with Crippen molar-refractivity contribution in [2.75, 3.05) is 51.3 Å². The highest BCUT2D eigenvalue weighted by molar-refractivity contribution is 7.88. The van der Waals surface area contributed by atoms with Crippen LogP contribution in [0.25, 0.3) is 0 Å². The van der Waals surface area contributed by atoms with E-state index in [2.05, 4.69) is 20.2 Å². The summed E-state index contributed by atoms with van der Waals surface area (Å²) in [6.07, 6.45) is 6.20. The molecule has 12 heteroatoms. The fraction of sp³-hybridized carbons (Fsp3) is 0.645. The topological polar surface area (TPSA) is 108 Å². The van der Waals surface area contributed by atoms with Crippen LogP contribution >= 0.6 is 0 Å². The first kappa shape index (κ1) is 31.7. The van der Waals surface area contributed by atoms with Crippen molar-refractivity contribution in [3.63, 3.8) is 0 Å². The molecule has 5 rings (SSSR count). The van der Waals surface area contributed by atoms with Gasteiger partial charge in [-0.3, -0.25) is 4.79 Å². The molecule has 3 aliphatic heterocycles. The molecule has 1 aromatic heterocycles. The molecule has 3 fully saturated rings. The van der Waals surface area contributed by atoms with Crippen LogP contribution in [0.15, 0.2) is 18.2 Å². The van der Waals surface area contributed by atoms with E-state index in [9.17, 15) is 17.6 Å². The summed E-state index contributed by atoms with van der Waals surface area (Å²) in [5.74, 6) is 0.891. The molecular weight excluding hydrogens is 571 g/mol. The molecule has 236 valence electrons. The molecule has 0 aliphatic carbocycles. The van der Waals surface area contributed by atoms with Crippen molar-refractivity contribution in [3.05, 3.63) is 52.2 Å². The number of amides is 1. The fourth-order valence-corrected chi connectivity index (χ4v) is 7.35. The van der Waals surface area contributed by atoms with Crippen molar-refractivity contribution in [2.45, 2.75) is 83.6 Å². The monoisotopic (exact) mass is 616 g/mol. The molecule has 43 heavy (non-hydrogen) atoms. The summed E-state index contributed by atoms with van der Waals surface area (Å²) in [5.41, 5.74) is 2.64. The van der Waals surface area contributed by atoms with Crippen molar-refractivity contribution < 1.29 is 22.3 Å². The standard InChI is InChI=1S/C31H45FN6O4S/c1-20-6-7-23(18-27(20)32)28-9-8-26(42-28)19-33-30-21(2)29(34-22(3)35-30)31(39)38-16-12-25(13-17-38)37-14-10-24(11-15-37)36(4)43(5,40)41/h6-7,18,24-26,28H,8-17,19H2,1-5H3,(H,33,34,35). The van der Waals surface area contributed by atoms with Crippen LogP contribution in [-0.4, -0.2) is 103 Å². The van der Waals surface area contributed by atoms with Crippen LogP contribution < -0.4 is 5.32 Å². The van der Waals surface area contributed by atoms with Gasteiger partial charge in [0.25, 0.3) is 5.91 Å². The van der Waals surface area contributed by atoms with E-state index in [0.717, 1.165) is 62.7 Å². The van der Waals surface area contributed by atoms with Crippen molar-refractivity contribution in [1.82, 2.24) is 24.1 Å².